The van der Waals surface area contributed by atoms with Crippen molar-refractivity contribution in [3.8, 4) is 11.5 Å². The van der Waals surface area contributed by atoms with Crippen LogP contribution in [-0.4, -0.2) is 30.3 Å². The zero-order valence-electron chi connectivity index (χ0n) is 11.2. The number of H-pyrrole nitrogens is 1. The summed E-state index contributed by atoms with van der Waals surface area (Å²) in [5.41, 5.74) is 2.83. The zero-order valence-corrected chi connectivity index (χ0v) is 11.2. The number of benzene rings is 1. The first-order valence-electron chi connectivity index (χ1n) is 6.01. The number of aryl methyl sites for hydroxylation is 2. The van der Waals surface area contributed by atoms with E-state index in [9.17, 15) is 4.79 Å². The van der Waals surface area contributed by atoms with Crippen LogP contribution in [-0.2, 0) is 11.2 Å². The molecular weight excluding hydrogens is 246 g/mol. The number of aromatic amines is 1. The van der Waals surface area contributed by atoms with E-state index in [1.54, 1.807) is 20.3 Å². The maximum absolute atomic E-state index is 10.7. The second kappa shape index (κ2) is 5.22. The number of carbonyl (C=O) groups is 1. The average Bonchev–Trinajstić information content (AvgIpc) is 2.70. The van der Waals surface area contributed by atoms with Crippen molar-refractivity contribution in [2.45, 2.75) is 19.8 Å². The first kappa shape index (κ1) is 13.3. The SMILES string of the molecule is COc1cc(OC)c2[nH]c(C)c(CCC(=O)O)c2c1. The molecule has 2 aromatic rings. The maximum atomic E-state index is 10.7. The molecule has 19 heavy (non-hydrogen) atoms. The van der Waals surface area contributed by atoms with E-state index in [1.807, 2.05) is 13.0 Å². The van der Waals surface area contributed by atoms with Crippen LogP contribution in [0.2, 0.25) is 0 Å². The van der Waals surface area contributed by atoms with E-state index in [0.717, 1.165) is 22.2 Å². The number of methoxy groups -OCH3 is 2. The smallest absolute Gasteiger partial charge is 0.303 e. The number of ether oxygens (including phenoxy) is 2. The molecule has 102 valence electrons. The van der Waals surface area contributed by atoms with Crippen molar-refractivity contribution in [3.05, 3.63) is 23.4 Å². The Hall–Kier alpha value is -2.17. The summed E-state index contributed by atoms with van der Waals surface area (Å²) in [7, 11) is 3.19. The molecule has 1 heterocycles. The normalized spacial score (nSPS) is 10.7. The molecule has 1 aromatic carbocycles. The molecule has 0 aliphatic heterocycles. The van der Waals surface area contributed by atoms with Crippen LogP contribution in [0.3, 0.4) is 0 Å². The van der Waals surface area contributed by atoms with Crippen LogP contribution >= 0.6 is 0 Å². The standard InChI is InChI=1S/C14H17NO4/c1-8-10(4-5-13(16)17)11-6-9(18-2)7-12(19-3)14(11)15-8/h6-7,15H,4-5H2,1-3H3,(H,16,17). The van der Waals surface area contributed by atoms with Crippen molar-refractivity contribution in [2.24, 2.45) is 0 Å². The summed E-state index contributed by atoms with van der Waals surface area (Å²) < 4.78 is 10.6. The van der Waals surface area contributed by atoms with Gasteiger partial charge in [0.1, 0.15) is 11.5 Å². The number of carboxylic acid groups (broad SMARTS) is 1. The maximum Gasteiger partial charge on any atom is 0.303 e. The number of aliphatic carboxylic acids is 1. The Labute approximate surface area is 111 Å². The Balaban J connectivity index is 2.56. The van der Waals surface area contributed by atoms with Crippen LogP contribution in [0.25, 0.3) is 10.9 Å². The highest BCUT2D eigenvalue weighted by Gasteiger charge is 2.14. The Kier molecular flexibility index (Phi) is 3.64. The van der Waals surface area contributed by atoms with Crippen molar-refractivity contribution >= 4 is 16.9 Å². The monoisotopic (exact) mass is 263 g/mol. The molecule has 0 spiro atoms. The molecule has 0 aliphatic carbocycles. The van der Waals surface area contributed by atoms with Crippen molar-refractivity contribution in [3.63, 3.8) is 0 Å². The highest BCUT2D eigenvalue weighted by molar-refractivity contribution is 5.91. The van der Waals surface area contributed by atoms with Crippen LogP contribution < -0.4 is 9.47 Å². The minimum atomic E-state index is -0.802. The third-order valence-electron chi connectivity index (χ3n) is 3.21. The predicted octanol–water partition coefficient (Wildman–Crippen LogP) is 2.51. The van der Waals surface area contributed by atoms with E-state index in [1.165, 1.54) is 0 Å². The summed E-state index contributed by atoms with van der Waals surface area (Å²) in [6.45, 7) is 1.93. The summed E-state index contributed by atoms with van der Waals surface area (Å²) in [4.78, 5) is 14.0. The number of fused-ring (bicyclic) bond motifs is 1. The lowest BCUT2D eigenvalue weighted by Crippen LogP contribution is -1.98. The van der Waals surface area contributed by atoms with E-state index >= 15 is 0 Å². The molecule has 5 nitrogen and oxygen atoms in total. The number of nitrogens with one attached hydrogen (secondary N) is 1. The van der Waals surface area contributed by atoms with Gasteiger partial charge < -0.3 is 19.6 Å². The fraction of sp³-hybridized carbons (Fsp3) is 0.357. The van der Waals surface area contributed by atoms with Crippen molar-refractivity contribution < 1.29 is 19.4 Å². The third kappa shape index (κ3) is 2.50. The quantitative estimate of drug-likeness (QED) is 0.869. The van der Waals surface area contributed by atoms with E-state index in [0.29, 0.717) is 17.9 Å². The first-order valence-corrected chi connectivity index (χ1v) is 6.01. The molecule has 2 N–H and O–H groups in total. The number of hydrogen-bond acceptors (Lipinski definition) is 3. The third-order valence-corrected chi connectivity index (χ3v) is 3.21. The topological polar surface area (TPSA) is 71.5 Å². The Morgan fingerprint density at radius 3 is 2.63 bits per heavy atom. The van der Waals surface area contributed by atoms with Gasteiger partial charge in [0.15, 0.2) is 0 Å². The molecule has 0 atom stereocenters. The second-order valence-corrected chi connectivity index (χ2v) is 4.37. The van der Waals surface area contributed by atoms with Gasteiger partial charge in [-0.15, -0.1) is 0 Å². The van der Waals surface area contributed by atoms with Crippen LogP contribution in [0.4, 0.5) is 0 Å². The van der Waals surface area contributed by atoms with Gasteiger partial charge in [-0.2, -0.15) is 0 Å². The van der Waals surface area contributed by atoms with Gasteiger partial charge in [-0.05, 0) is 25.0 Å². The lowest BCUT2D eigenvalue weighted by molar-refractivity contribution is -0.136. The van der Waals surface area contributed by atoms with Crippen molar-refractivity contribution in [1.29, 1.82) is 0 Å². The minimum Gasteiger partial charge on any atom is -0.497 e. The predicted molar refractivity (Wildman–Crippen MR) is 72.1 cm³/mol. The van der Waals surface area contributed by atoms with Gasteiger partial charge in [0, 0.05) is 23.6 Å². The second-order valence-electron chi connectivity index (χ2n) is 4.37. The molecule has 0 aliphatic rings. The summed E-state index contributed by atoms with van der Waals surface area (Å²) in [5, 5.41) is 9.77. The van der Waals surface area contributed by atoms with Crippen LogP contribution in [0.5, 0.6) is 11.5 Å². The highest BCUT2D eigenvalue weighted by Crippen LogP contribution is 2.34. The lowest BCUT2D eigenvalue weighted by Gasteiger charge is -2.06. The fourth-order valence-corrected chi connectivity index (χ4v) is 2.26. The summed E-state index contributed by atoms with van der Waals surface area (Å²) >= 11 is 0. The van der Waals surface area contributed by atoms with E-state index in [2.05, 4.69) is 4.98 Å². The van der Waals surface area contributed by atoms with Crippen molar-refractivity contribution in [1.82, 2.24) is 4.98 Å². The van der Waals surface area contributed by atoms with Crippen LogP contribution in [0, 0.1) is 6.92 Å². The van der Waals surface area contributed by atoms with Gasteiger partial charge in [-0.1, -0.05) is 0 Å². The molecular formula is C14H17NO4. The van der Waals surface area contributed by atoms with E-state index in [-0.39, 0.29) is 6.42 Å². The van der Waals surface area contributed by atoms with Gasteiger partial charge in [0.2, 0.25) is 0 Å². The first-order chi connectivity index (χ1) is 9.06. The molecule has 2 rings (SSSR count). The molecule has 1 aromatic heterocycles. The number of aromatic nitrogens is 1. The van der Waals surface area contributed by atoms with Gasteiger partial charge in [0.25, 0.3) is 0 Å². The lowest BCUT2D eigenvalue weighted by atomic mass is 10.1. The summed E-state index contributed by atoms with van der Waals surface area (Å²) in [5.74, 6) is 0.586. The zero-order chi connectivity index (χ0) is 14.0. The average molecular weight is 263 g/mol. The molecule has 0 fully saturated rings. The van der Waals surface area contributed by atoms with Gasteiger partial charge in [-0.25, -0.2) is 0 Å². The van der Waals surface area contributed by atoms with Crippen LogP contribution in [0.1, 0.15) is 17.7 Å². The Bertz CT molecular complexity index is 615. The molecule has 0 unspecified atom stereocenters. The molecule has 0 radical (unpaired) electrons. The minimum absolute atomic E-state index is 0.104. The highest BCUT2D eigenvalue weighted by atomic mass is 16.5. The number of hydrogen-bond donors (Lipinski definition) is 2. The largest absolute Gasteiger partial charge is 0.497 e. The van der Waals surface area contributed by atoms with Crippen LogP contribution in [0.15, 0.2) is 12.1 Å². The molecule has 0 saturated heterocycles. The fourth-order valence-electron chi connectivity index (χ4n) is 2.26. The van der Waals surface area contributed by atoms with Gasteiger partial charge >= 0.3 is 5.97 Å². The Morgan fingerprint density at radius 2 is 2.05 bits per heavy atom. The molecule has 5 heteroatoms. The summed E-state index contributed by atoms with van der Waals surface area (Å²) in [6, 6.07) is 3.71. The Morgan fingerprint density at radius 1 is 1.32 bits per heavy atom. The van der Waals surface area contributed by atoms with E-state index in [4.69, 9.17) is 14.6 Å². The molecule has 0 saturated carbocycles. The molecule has 0 amide bonds. The van der Waals surface area contributed by atoms with Crippen molar-refractivity contribution in [2.75, 3.05) is 14.2 Å². The van der Waals surface area contributed by atoms with E-state index < -0.39 is 5.97 Å². The number of rotatable bonds is 5. The molecule has 0 bridgehead atoms. The van der Waals surface area contributed by atoms with Gasteiger partial charge in [0.05, 0.1) is 19.7 Å². The van der Waals surface area contributed by atoms with Gasteiger partial charge in [-0.3, -0.25) is 4.79 Å². The summed E-state index contributed by atoms with van der Waals surface area (Å²) in [6.07, 6.45) is 0.588. The number of carboxylic acids is 1.